The SMILES string of the molecule is CC(CF)O/C(C(=O)C1CCC1)=C(\c1ccc(S(C)(=O)=O)cc1)C(C)(C)C. The summed E-state index contributed by atoms with van der Waals surface area (Å²) in [5.74, 6) is 0.0441. The van der Waals surface area contributed by atoms with Crippen molar-refractivity contribution in [3.05, 3.63) is 35.6 Å². The van der Waals surface area contributed by atoms with Gasteiger partial charge in [-0.2, -0.15) is 0 Å². The van der Waals surface area contributed by atoms with Gasteiger partial charge in [0.15, 0.2) is 15.6 Å². The number of carbonyl (C=O) groups excluding carboxylic acids is 1. The monoisotopic (exact) mass is 396 g/mol. The van der Waals surface area contributed by atoms with Gasteiger partial charge in [0.25, 0.3) is 0 Å². The Morgan fingerprint density at radius 3 is 2.15 bits per heavy atom. The molecular formula is C21H29FO4S. The first kappa shape index (κ1) is 21.6. The van der Waals surface area contributed by atoms with Crippen LogP contribution < -0.4 is 0 Å². The molecule has 2 rings (SSSR count). The first-order valence-corrected chi connectivity index (χ1v) is 11.2. The van der Waals surface area contributed by atoms with Crippen LogP contribution >= 0.6 is 0 Å². The third-order valence-corrected chi connectivity index (χ3v) is 5.91. The van der Waals surface area contributed by atoms with E-state index in [9.17, 15) is 17.6 Å². The van der Waals surface area contributed by atoms with Gasteiger partial charge < -0.3 is 4.74 Å². The van der Waals surface area contributed by atoms with E-state index in [4.69, 9.17) is 4.74 Å². The van der Waals surface area contributed by atoms with Crippen molar-refractivity contribution in [1.82, 2.24) is 0 Å². The molecule has 1 aliphatic rings. The molecule has 1 fully saturated rings. The lowest BCUT2D eigenvalue weighted by atomic mass is 9.76. The van der Waals surface area contributed by atoms with Crippen molar-refractivity contribution in [3.63, 3.8) is 0 Å². The number of hydrogen-bond donors (Lipinski definition) is 0. The van der Waals surface area contributed by atoms with Gasteiger partial charge in [0.2, 0.25) is 5.78 Å². The van der Waals surface area contributed by atoms with Gasteiger partial charge in [0, 0.05) is 17.7 Å². The van der Waals surface area contributed by atoms with Gasteiger partial charge in [-0.1, -0.05) is 39.3 Å². The molecule has 4 nitrogen and oxygen atoms in total. The molecule has 0 bridgehead atoms. The number of hydrogen-bond acceptors (Lipinski definition) is 4. The lowest BCUT2D eigenvalue weighted by Crippen LogP contribution is -2.29. The normalized spacial score (nSPS) is 17.7. The van der Waals surface area contributed by atoms with Crippen molar-refractivity contribution < 1.29 is 22.3 Å². The molecule has 1 atom stereocenters. The summed E-state index contributed by atoms with van der Waals surface area (Å²) in [7, 11) is -3.31. The quantitative estimate of drug-likeness (QED) is 0.499. The topological polar surface area (TPSA) is 60.4 Å². The largest absolute Gasteiger partial charge is 0.484 e. The highest BCUT2D eigenvalue weighted by molar-refractivity contribution is 7.90. The maximum Gasteiger partial charge on any atom is 0.200 e. The van der Waals surface area contributed by atoms with E-state index < -0.39 is 28.0 Å². The number of halogens is 1. The van der Waals surface area contributed by atoms with Gasteiger partial charge in [-0.25, -0.2) is 12.8 Å². The van der Waals surface area contributed by atoms with Crippen molar-refractivity contribution in [2.75, 3.05) is 12.9 Å². The number of rotatable bonds is 7. The second kappa shape index (κ2) is 8.13. The van der Waals surface area contributed by atoms with Gasteiger partial charge in [-0.3, -0.25) is 4.79 Å². The van der Waals surface area contributed by atoms with E-state index in [-0.39, 0.29) is 22.4 Å². The number of ketones is 1. The number of benzene rings is 1. The Hall–Kier alpha value is -1.69. The first-order valence-electron chi connectivity index (χ1n) is 9.27. The molecule has 6 heteroatoms. The van der Waals surface area contributed by atoms with E-state index in [0.29, 0.717) is 11.1 Å². The van der Waals surface area contributed by atoms with E-state index in [1.54, 1.807) is 19.1 Å². The van der Waals surface area contributed by atoms with Gasteiger partial charge in [-0.05, 0) is 42.9 Å². The lowest BCUT2D eigenvalue weighted by Gasteiger charge is -2.31. The fourth-order valence-corrected chi connectivity index (χ4v) is 3.73. The average Bonchev–Trinajstić information content (AvgIpc) is 2.50. The molecule has 1 aliphatic carbocycles. The second-order valence-electron chi connectivity index (χ2n) is 8.33. The fourth-order valence-electron chi connectivity index (χ4n) is 3.10. The summed E-state index contributed by atoms with van der Waals surface area (Å²) in [6, 6.07) is 6.43. The van der Waals surface area contributed by atoms with Gasteiger partial charge in [0.1, 0.15) is 12.8 Å². The van der Waals surface area contributed by atoms with Crippen molar-refractivity contribution in [3.8, 4) is 0 Å². The van der Waals surface area contributed by atoms with Crippen molar-refractivity contribution in [1.29, 1.82) is 0 Å². The third-order valence-electron chi connectivity index (χ3n) is 4.78. The molecule has 27 heavy (non-hydrogen) atoms. The van der Waals surface area contributed by atoms with Crippen LogP contribution in [0.2, 0.25) is 0 Å². The molecule has 1 aromatic carbocycles. The maximum absolute atomic E-state index is 13.1. The van der Waals surface area contributed by atoms with E-state index in [0.717, 1.165) is 25.5 Å². The molecule has 0 aliphatic heterocycles. The van der Waals surface area contributed by atoms with Crippen LogP contribution in [0.5, 0.6) is 0 Å². The van der Waals surface area contributed by atoms with Crippen LogP contribution in [-0.4, -0.2) is 33.2 Å². The Balaban J connectivity index is 2.61. The molecule has 0 heterocycles. The summed E-state index contributed by atoms with van der Waals surface area (Å²) < 4.78 is 42.4. The summed E-state index contributed by atoms with van der Waals surface area (Å²) in [6.45, 7) is 6.80. The Kier molecular flexibility index (Phi) is 6.51. The van der Waals surface area contributed by atoms with Crippen LogP contribution in [0, 0.1) is 11.3 Å². The Bertz CT molecular complexity index is 813. The minimum Gasteiger partial charge on any atom is -0.484 e. The van der Waals surface area contributed by atoms with Crippen molar-refractivity contribution in [2.45, 2.75) is 58.0 Å². The van der Waals surface area contributed by atoms with E-state index in [2.05, 4.69) is 0 Å². The van der Waals surface area contributed by atoms with Crippen molar-refractivity contribution >= 4 is 21.2 Å². The molecule has 0 saturated heterocycles. The summed E-state index contributed by atoms with van der Waals surface area (Å²) >= 11 is 0. The van der Waals surface area contributed by atoms with E-state index >= 15 is 0 Å². The van der Waals surface area contributed by atoms with Crippen LogP contribution in [0.3, 0.4) is 0 Å². The molecule has 1 aromatic rings. The van der Waals surface area contributed by atoms with Crippen LogP contribution in [0.4, 0.5) is 4.39 Å². The minimum absolute atomic E-state index is 0.0838. The van der Waals surface area contributed by atoms with E-state index in [1.165, 1.54) is 12.1 Å². The van der Waals surface area contributed by atoms with Crippen LogP contribution in [0.1, 0.15) is 52.5 Å². The molecule has 1 saturated carbocycles. The van der Waals surface area contributed by atoms with Crippen LogP contribution in [0.15, 0.2) is 34.9 Å². The second-order valence-corrected chi connectivity index (χ2v) is 10.3. The van der Waals surface area contributed by atoms with Gasteiger partial charge in [0.05, 0.1) is 4.90 Å². The third kappa shape index (κ3) is 5.18. The number of ether oxygens (including phenoxy) is 1. The number of alkyl halides is 1. The summed E-state index contributed by atoms with van der Waals surface area (Å²) in [6.07, 6.45) is 3.08. The lowest BCUT2D eigenvalue weighted by molar-refractivity contribution is -0.125. The average molecular weight is 397 g/mol. The summed E-state index contributed by atoms with van der Waals surface area (Å²) in [5.41, 5.74) is 0.945. The number of sulfone groups is 1. The first-order chi connectivity index (χ1) is 12.4. The molecule has 0 aromatic heterocycles. The zero-order chi connectivity index (χ0) is 20.4. The predicted molar refractivity (Wildman–Crippen MR) is 105 cm³/mol. The summed E-state index contributed by atoms with van der Waals surface area (Å²) in [4.78, 5) is 13.3. The highest BCUT2D eigenvalue weighted by Gasteiger charge is 2.35. The van der Waals surface area contributed by atoms with Gasteiger partial charge >= 0.3 is 0 Å². The fraction of sp³-hybridized carbons (Fsp3) is 0.571. The standard InChI is InChI=1S/C21H29FO4S/c1-14(13-22)26-20(19(23)16-7-6-8-16)18(21(2,3)4)15-9-11-17(12-10-15)27(5,24)25/h9-12,14,16H,6-8,13H2,1-5H3/b20-18+. The molecular weight excluding hydrogens is 367 g/mol. The Labute approximate surface area is 161 Å². The maximum atomic E-state index is 13.1. The Morgan fingerprint density at radius 2 is 1.78 bits per heavy atom. The van der Waals surface area contributed by atoms with Gasteiger partial charge in [-0.15, -0.1) is 0 Å². The molecule has 1 unspecified atom stereocenters. The molecule has 150 valence electrons. The molecule has 0 radical (unpaired) electrons. The summed E-state index contributed by atoms with van der Waals surface area (Å²) in [5, 5.41) is 0. The van der Waals surface area contributed by atoms with Crippen LogP contribution in [0.25, 0.3) is 5.57 Å². The highest BCUT2D eigenvalue weighted by atomic mass is 32.2. The zero-order valence-corrected chi connectivity index (χ0v) is 17.5. The molecule has 0 amide bonds. The number of Topliss-reactive ketones (excluding diaryl/α,β-unsaturated/α-hetero) is 1. The van der Waals surface area contributed by atoms with E-state index in [1.807, 2.05) is 20.8 Å². The number of carbonyl (C=O) groups is 1. The Morgan fingerprint density at radius 1 is 1.22 bits per heavy atom. The smallest absolute Gasteiger partial charge is 0.200 e. The predicted octanol–water partition coefficient (Wildman–Crippen LogP) is 4.59. The highest BCUT2D eigenvalue weighted by Crippen LogP contribution is 2.41. The van der Waals surface area contributed by atoms with Crippen molar-refractivity contribution in [2.24, 2.45) is 11.3 Å². The minimum atomic E-state index is -3.31. The van der Waals surface area contributed by atoms with Crippen LogP contribution in [-0.2, 0) is 19.4 Å². The molecule has 0 spiro atoms. The zero-order valence-electron chi connectivity index (χ0n) is 16.7. The number of allylic oxidation sites excluding steroid dienone is 2. The molecule has 0 N–H and O–H groups in total.